The minimum absolute atomic E-state index is 0.491. The Labute approximate surface area is 120 Å². The smallest absolute Gasteiger partial charge is 0.321 e. The molecule has 0 radical (unpaired) electrons. The highest BCUT2D eigenvalue weighted by atomic mass is 32.2. The molecule has 102 valence electrons. The number of benzene rings is 1. The topological polar surface area (TPSA) is 63.3 Å². The molecule has 0 aliphatic carbocycles. The van der Waals surface area contributed by atoms with Gasteiger partial charge >= 0.3 is 5.97 Å². The van der Waals surface area contributed by atoms with Crippen molar-refractivity contribution in [3.63, 3.8) is 0 Å². The maximum Gasteiger partial charge on any atom is 0.321 e. The van der Waals surface area contributed by atoms with Crippen molar-refractivity contribution in [2.24, 2.45) is 5.73 Å². The molecule has 0 fully saturated rings. The number of carboxylic acid groups (broad SMARTS) is 1. The quantitative estimate of drug-likeness (QED) is 0.888. The monoisotopic (exact) mass is 295 g/mol. The zero-order chi connectivity index (χ0) is 14.0. The summed E-state index contributed by atoms with van der Waals surface area (Å²) in [6, 6.07) is 7.40. The van der Waals surface area contributed by atoms with E-state index in [1.54, 1.807) is 23.1 Å². The molecule has 1 aromatic heterocycles. The van der Waals surface area contributed by atoms with Crippen molar-refractivity contribution in [2.45, 2.75) is 30.4 Å². The first-order chi connectivity index (χ1) is 8.92. The van der Waals surface area contributed by atoms with Gasteiger partial charge in [0.15, 0.2) is 0 Å². The highest BCUT2D eigenvalue weighted by Crippen LogP contribution is 2.34. The molecule has 2 rings (SSSR count). The maximum atomic E-state index is 11.0. The summed E-state index contributed by atoms with van der Waals surface area (Å²) in [5.41, 5.74) is 6.98. The molecule has 3 nitrogen and oxygen atoms in total. The molecule has 1 atom stereocenters. The summed E-state index contributed by atoms with van der Waals surface area (Å²) < 4.78 is 0.771. The second kappa shape index (κ2) is 5.53. The van der Waals surface area contributed by atoms with Crippen molar-refractivity contribution >= 4 is 39.2 Å². The fourth-order valence-corrected chi connectivity index (χ4v) is 3.91. The van der Waals surface area contributed by atoms with Crippen molar-refractivity contribution in [1.82, 2.24) is 0 Å². The minimum atomic E-state index is -0.951. The molecule has 0 spiro atoms. The molecule has 0 saturated carbocycles. The molecule has 1 heterocycles. The summed E-state index contributed by atoms with van der Waals surface area (Å²) in [7, 11) is 0. The van der Waals surface area contributed by atoms with Gasteiger partial charge in [-0.25, -0.2) is 0 Å². The number of carboxylic acids is 1. The normalized spacial score (nSPS) is 13.6. The van der Waals surface area contributed by atoms with Gasteiger partial charge < -0.3 is 10.8 Å². The van der Waals surface area contributed by atoms with Crippen LogP contribution in [0.4, 0.5) is 0 Å². The fraction of sp³-hybridized carbons (Fsp3) is 0.357. The lowest BCUT2D eigenvalue weighted by Gasteiger charge is -2.27. The van der Waals surface area contributed by atoms with Gasteiger partial charge in [0.1, 0.15) is 6.04 Å². The van der Waals surface area contributed by atoms with E-state index < -0.39 is 16.8 Å². The summed E-state index contributed by atoms with van der Waals surface area (Å²) in [4.78, 5) is 11.0. The molecular formula is C14H17NO2S2. The molecule has 19 heavy (non-hydrogen) atoms. The zero-order valence-corrected chi connectivity index (χ0v) is 12.6. The fourth-order valence-electron chi connectivity index (χ4n) is 1.80. The molecule has 0 bridgehead atoms. The van der Waals surface area contributed by atoms with Crippen molar-refractivity contribution in [1.29, 1.82) is 0 Å². The van der Waals surface area contributed by atoms with Gasteiger partial charge in [-0.2, -0.15) is 0 Å². The first kappa shape index (κ1) is 14.4. The average molecular weight is 295 g/mol. The van der Waals surface area contributed by atoms with Gasteiger partial charge in [-0.1, -0.05) is 18.2 Å². The lowest BCUT2D eigenvalue weighted by atomic mass is 10.1. The number of thioether (sulfide) groups is 1. The van der Waals surface area contributed by atoms with Crippen LogP contribution in [0.25, 0.3) is 10.1 Å². The third-order valence-corrected chi connectivity index (χ3v) is 5.64. The van der Waals surface area contributed by atoms with Crippen LogP contribution in [0.5, 0.6) is 0 Å². The number of fused-ring (bicyclic) bond motifs is 1. The number of carbonyl (C=O) groups is 1. The Kier molecular flexibility index (Phi) is 4.18. The Morgan fingerprint density at radius 3 is 2.84 bits per heavy atom. The summed E-state index contributed by atoms with van der Waals surface area (Å²) in [5, 5.41) is 12.4. The number of hydrogen-bond donors (Lipinski definition) is 2. The van der Waals surface area contributed by atoms with Crippen molar-refractivity contribution in [3.8, 4) is 0 Å². The third kappa shape index (κ3) is 3.11. The SMILES string of the molecule is CC(C)(SCc1csc2ccccc12)[C@H](N)C(=O)O. The number of nitrogens with two attached hydrogens (primary N) is 1. The van der Waals surface area contributed by atoms with Gasteiger partial charge in [-0.15, -0.1) is 23.1 Å². The molecule has 0 unspecified atom stereocenters. The van der Waals surface area contributed by atoms with Crippen LogP contribution >= 0.6 is 23.1 Å². The summed E-state index contributed by atoms with van der Waals surface area (Å²) >= 11 is 3.31. The maximum absolute atomic E-state index is 11.0. The first-order valence-corrected chi connectivity index (χ1v) is 7.86. The van der Waals surface area contributed by atoms with Crippen LogP contribution < -0.4 is 5.73 Å². The molecule has 0 amide bonds. The van der Waals surface area contributed by atoms with Crippen LogP contribution in [0.3, 0.4) is 0 Å². The van der Waals surface area contributed by atoms with Crippen LogP contribution in [0.15, 0.2) is 29.6 Å². The second-order valence-electron chi connectivity index (χ2n) is 4.97. The van der Waals surface area contributed by atoms with Gasteiger partial charge in [0.2, 0.25) is 0 Å². The van der Waals surface area contributed by atoms with E-state index in [-0.39, 0.29) is 0 Å². The highest BCUT2D eigenvalue weighted by molar-refractivity contribution is 8.00. The van der Waals surface area contributed by atoms with E-state index in [1.807, 2.05) is 26.0 Å². The zero-order valence-electron chi connectivity index (χ0n) is 10.9. The predicted octanol–water partition coefficient (Wildman–Crippen LogP) is 3.33. The first-order valence-electron chi connectivity index (χ1n) is 5.99. The predicted molar refractivity (Wildman–Crippen MR) is 82.8 cm³/mol. The molecule has 1 aromatic carbocycles. The van der Waals surface area contributed by atoms with Crippen molar-refractivity contribution < 1.29 is 9.90 Å². The van der Waals surface area contributed by atoms with Gasteiger partial charge in [0.05, 0.1) is 0 Å². The van der Waals surface area contributed by atoms with Gasteiger partial charge in [-0.05, 0) is 36.2 Å². The number of hydrogen-bond acceptors (Lipinski definition) is 4. The molecule has 0 saturated heterocycles. The molecule has 5 heteroatoms. The van der Waals surface area contributed by atoms with Gasteiger partial charge in [0.25, 0.3) is 0 Å². The van der Waals surface area contributed by atoms with E-state index in [0.717, 1.165) is 5.75 Å². The van der Waals surface area contributed by atoms with E-state index in [9.17, 15) is 4.79 Å². The van der Waals surface area contributed by atoms with Crippen LogP contribution in [-0.2, 0) is 10.5 Å². The van der Waals surface area contributed by atoms with E-state index in [2.05, 4.69) is 17.5 Å². The molecule has 0 aliphatic rings. The summed E-state index contributed by atoms with van der Waals surface area (Å²) in [6.07, 6.45) is 0. The molecule has 3 N–H and O–H groups in total. The van der Waals surface area contributed by atoms with E-state index >= 15 is 0 Å². The molecule has 0 aliphatic heterocycles. The van der Waals surface area contributed by atoms with E-state index in [0.29, 0.717) is 0 Å². The third-order valence-electron chi connectivity index (χ3n) is 3.18. The van der Waals surface area contributed by atoms with Crippen molar-refractivity contribution in [3.05, 3.63) is 35.2 Å². The molecular weight excluding hydrogens is 278 g/mol. The Morgan fingerprint density at radius 2 is 2.16 bits per heavy atom. The van der Waals surface area contributed by atoms with Gasteiger partial charge in [-0.3, -0.25) is 4.79 Å². The number of aliphatic carboxylic acids is 1. The Balaban J connectivity index is 2.12. The van der Waals surface area contributed by atoms with Crippen molar-refractivity contribution in [2.75, 3.05) is 0 Å². The van der Waals surface area contributed by atoms with Gasteiger partial charge in [0, 0.05) is 15.2 Å². The summed E-state index contributed by atoms with van der Waals surface area (Å²) in [6.45, 7) is 3.76. The van der Waals surface area contributed by atoms with Crippen LogP contribution in [0.2, 0.25) is 0 Å². The van der Waals surface area contributed by atoms with Crippen LogP contribution in [-0.4, -0.2) is 21.9 Å². The Bertz CT molecular complexity index is 592. The number of thiophene rings is 1. The van der Waals surface area contributed by atoms with E-state index in [4.69, 9.17) is 10.8 Å². The lowest BCUT2D eigenvalue weighted by molar-refractivity contribution is -0.139. The van der Waals surface area contributed by atoms with Crippen LogP contribution in [0.1, 0.15) is 19.4 Å². The largest absolute Gasteiger partial charge is 0.480 e. The second-order valence-corrected chi connectivity index (χ2v) is 7.51. The summed E-state index contributed by atoms with van der Waals surface area (Å²) in [5.74, 6) is -0.175. The average Bonchev–Trinajstić information content (AvgIpc) is 2.78. The minimum Gasteiger partial charge on any atom is -0.480 e. The van der Waals surface area contributed by atoms with Crippen LogP contribution in [0, 0.1) is 0 Å². The highest BCUT2D eigenvalue weighted by Gasteiger charge is 2.32. The Hall–Kier alpha value is -1.04. The lowest BCUT2D eigenvalue weighted by Crippen LogP contribution is -2.46. The number of rotatable bonds is 5. The Morgan fingerprint density at radius 1 is 1.47 bits per heavy atom. The van der Waals surface area contributed by atoms with E-state index in [1.165, 1.54) is 15.6 Å². The molecule has 2 aromatic rings. The standard InChI is InChI=1S/C14H17NO2S2/c1-14(2,12(15)13(16)17)19-8-9-7-18-11-6-4-3-5-10(9)11/h3-7,12H,8,15H2,1-2H3,(H,16,17)/t12-/m1/s1.